The number of anilines is 2. The van der Waals surface area contributed by atoms with E-state index in [1.54, 1.807) is 28.9 Å². The number of hydrogen-bond donors (Lipinski definition) is 3. The van der Waals surface area contributed by atoms with Crippen molar-refractivity contribution in [2.45, 2.75) is 57.5 Å². The number of nitrogens with one attached hydrogen (secondary N) is 3. The first-order valence-electron chi connectivity index (χ1n) is 14.1. The number of carbonyl (C=O) groups excluding carboxylic acids is 2. The number of ketones is 2. The van der Waals surface area contributed by atoms with Crippen molar-refractivity contribution in [2.24, 2.45) is 22.8 Å². The molecular weight excluding hydrogens is 605 g/mol. The Morgan fingerprint density at radius 1 is 1.11 bits per heavy atom. The fraction of sp³-hybridized carbons (Fsp3) is 0.400. The summed E-state index contributed by atoms with van der Waals surface area (Å²) in [6.07, 6.45) is 3.77. The van der Waals surface area contributed by atoms with Crippen molar-refractivity contribution in [3.63, 3.8) is 0 Å². The van der Waals surface area contributed by atoms with Crippen molar-refractivity contribution in [3.05, 3.63) is 71.0 Å². The average molecular weight is 641 g/mol. The lowest BCUT2D eigenvalue weighted by molar-refractivity contribution is -0.128. The largest absolute Gasteiger partial charge is 0.341 e. The van der Waals surface area contributed by atoms with Crippen LogP contribution in [0.15, 0.2) is 58.0 Å². The molecule has 3 N–H and O–H groups in total. The lowest BCUT2D eigenvalue weighted by Crippen LogP contribution is -2.59. The minimum absolute atomic E-state index is 0.0317. The van der Waals surface area contributed by atoms with Crippen LogP contribution in [-0.4, -0.2) is 50.3 Å². The smallest absolute Gasteiger partial charge is 0.286 e. The number of rotatable bonds is 8. The number of fused-ring (bicyclic) bond motifs is 2. The first-order valence-corrected chi connectivity index (χ1v) is 17.4. The summed E-state index contributed by atoms with van der Waals surface area (Å²) in [6, 6.07) is 10.8. The molecule has 2 unspecified atom stereocenters. The third-order valence-electron chi connectivity index (χ3n) is 7.84. The average Bonchev–Trinajstić information content (AvgIpc) is 3.23. The van der Waals surface area contributed by atoms with E-state index in [2.05, 4.69) is 45.6 Å². The Bertz CT molecular complexity index is 1920. The summed E-state index contributed by atoms with van der Waals surface area (Å²) >= 11 is 0. The molecule has 0 spiro atoms. The highest BCUT2D eigenvalue weighted by Gasteiger charge is 2.54. The summed E-state index contributed by atoms with van der Waals surface area (Å²) in [7, 11) is -6.28. The molecule has 0 radical (unpaired) electrons. The summed E-state index contributed by atoms with van der Waals surface area (Å²) in [5.74, 6) is -2.92. The van der Waals surface area contributed by atoms with E-state index in [1.807, 2.05) is 20.2 Å². The van der Waals surface area contributed by atoms with Crippen LogP contribution in [-0.2, 0) is 44.0 Å². The van der Waals surface area contributed by atoms with E-state index >= 15 is 0 Å². The molecular formula is C30H36N6O6S2. The maximum Gasteiger partial charge on any atom is 0.286 e. The molecule has 1 aliphatic heterocycles. The summed E-state index contributed by atoms with van der Waals surface area (Å²) in [6.45, 7) is 8.35. The fourth-order valence-electron chi connectivity index (χ4n) is 5.71. The minimum atomic E-state index is -4.42. The molecule has 0 saturated carbocycles. The van der Waals surface area contributed by atoms with Crippen molar-refractivity contribution in [1.29, 1.82) is 0 Å². The molecule has 0 amide bonds. The molecule has 2 heterocycles. The van der Waals surface area contributed by atoms with Gasteiger partial charge < -0.3 is 5.32 Å². The molecule has 3 aromatic rings. The van der Waals surface area contributed by atoms with E-state index in [4.69, 9.17) is 0 Å². The van der Waals surface area contributed by atoms with Gasteiger partial charge in [0.15, 0.2) is 11.6 Å². The highest BCUT2D eigenvalue weighted by atomic mass is 32.2. The molecule has 0 bridgehead atoms. The number of aryl methyl sites for hydroxylation is 2. The zero-order valence-corrected chi connectivity index (χ0v) is 27.1. The second kappa shape index (κ2) is 10.9. The van der Waals surface area contributed by atoms with Gasteiger partial charge in [0.05, 0.1) is 17.6 Å². The van der Waals surface area contributed by atoms with Crippen LogP contribution in [0.2, 0.25) is 0 Å². The van der Waals surface area contributed by atoms with Crippen LogP contribution in [0.4, 0.5) is 11.4 Å². The zero-order valence-electron chi connectivity index (χ0n) is 25.4. The van der Waals surface area contributed by atoms with E-state index < -0.39 is 43.1 Å². The molecule has 0 saturated heterocycles. The molecule has 14 heteroatoms. The Kier molecular flexibility index (Phi) is 7.83. The van der Waals surface area contributed by atoms with Gasteiger partial charge in [0, 0.05) is 31.0 Å². The Morgan fingerprint density at radius 2 is 1.82 bits per heavy atom. The van der Waals surface area contributed by atoms with E-state index in [0.29, 0.717) is 24.0 Å². The normalized spacial score (nSPS) is 21.2. The van der Waals surface area contributed by atoms with Crippen LogP contribution in [0.1, 0.15) is 60.8 Å². The van der Waals surface area contributed by atoms with E-state index in [9.17, 15) is 26.4 Å². The minimum Gasteiger partial charge on any atom is -0.341 e. The molecule has 2 aromatic carbocycles. The van der Waals surface area contributed by atoms with Crippen molar-refractivity contribution in [3.8, 4) is 0 Å². The van der Waals surface area contributed by atoms with Gasteiger partial charge in [-0.1, -0.05) is 45.0 Å². The lowest BCUT2D eigenvalue weighted by atomic mass is 9.66. The van der Waals surface area contributed by atoms with Gasteiger partial charge >= 0.3 is 0 Å². The molecule has 1 aliphatic carbocycles. The standard InChI is InChI=1S/C30H36N6O6S2/c1-18-17-36(5)33-23(18)16-31-30(14-13-29(2,3)4)21-10-8-7-9-20(21)26(37)25(27(30)38)28-32-22-12-11-19(34-43(6,39)40)15-24(22)44(41,42)35-28/h7-12,15,17,25,31,34H,13-14,16H2,1-6H3,(H,32,35). The maximum atomic E-state index is 14.8. The summed E-state index contributed by atoms with van der Waals surface area (Å²) in [4.78, 5) is 28.5. The number of nitrogens with zero attached hydrogens (tertiary/aromatic N) is 3. The van der Waals surface area contributed by atoms with Crippen molar-refractivity contribution in [2.75, 3.05) is 16.3 Å². The number of carbonyl (C=O) groups is 2. The van der Waals surface area contributed by atoms with Gasteiger partial charge in [-0.2, -0.15) is 13.5 Å². The second-order valence-corrected chi connectivity index (χ2v) is 15.9. The van der Waals surface area contributed by atoms with Gasteiger partial charge in [0.2, 0.25) is 10.0 Å². The molecule has 44 heavy (non-hydrogen) atoms. The quantitative estimate of drug-likeness (QED) is 0.312. The Hall–Kier alpha value is -3.88. The monoisotopic (exact) mass is 640 g/mol. The Balaban J connectivity index is 1.62. The van der Waals surface area contributed by atoms with Gasteiger partial charge in [0.1, 0.15) is 22.2 Å². The van der Waals surface area contributed by atoms with Crippen molar-refractivity contribution < 1.29 is 26.4 Å². The van der Waals surface area contributed by atoms with Gasteiger partial charge in [-0.15, -0.1) is 4.40 Å². The van der Waals surface area contributed by atoms with Crippen LogP contribution < -0.4 is 15.4 Å². The number of benzene rings is 2. The lowest BCUT2D eigenvalue weighted by Gasteiger charge is -2.42. The predicted molar refractivity (Wildman–Crippen MR) is 168 cm³/mol. The number of hydrogen-bond acceptors (Lipinski definition) is 9. The molecule has 12 nitrogen and oxygen atoms in total. The van der Waals surface area contributed by atoms with Gasteiger partial charge in [-0.05, 0) is 54.5 Å². The number of Topliss-reactive ketones (excluding diaryl/α,β-unsaturated/α-hetero) is 2. The van der Waals surface area contributed by atoms with Crippen molar-refractivity contribution in [1.82, 2.24) is 15.1 Å². The highest BCUT2D eigenvalue weighted by Crippen LogP contribution is 2.43. The van der Waals surface area contributed by atoms with Gasteiger partial charge in [-0.3, -0.25) is 24.3 Å². The highest BCUT2D eigenvalue weighted by molar-refractivity contribution is 7.92. The Morgan fingerprint density at radius 3 is 2.45 bits per heavy atom. The molecule has 5 rings (SSSR count). The summed E-state index contributed by atoms with van der Waals surface area (Å²) in [5.41, 5.74) is 1.09. The fourth-order valence-corrected chi connectivity index (χ4v) is 7.44. The number of aromatic nitrogens is 2. The van der Waals surface area contributed by atoms with Crippen LogP contribution in [0.25, 0.3) is 0 Å². The number of amidine groups is 1. The van der Waals surface area contributed by atoms with Crippen molar-refractivity contribution >= 4 is 48.8 Å². The first-order chi connectivity index (χ1) is 20.4. The van der Waals surface area contributed by atoms with Crippen LogP contribution >= 0.6 is 0 Å². The third kappa shape index (κ3) is 6.06. The second-order valence-electron chi connectivity index (χ2n) is 12.6. The molecule has 1 aromatic heterocycles. The molecule has 2 atom stereocenters. The molecule has 234 valence electrons. The van der Waals surface area contributed by atoms with E-state index in [0.717, 1.165) is 23.6 Å². The predicted octanol–water partition coefficient (Wildman–Crippen LogP) is 3.51. The topological polar surface area (TPSA) is 169 Å². The zero-order chi connectivity index (χ0) is 32.2. The Labute approximate surface area is 257 Å². The maximum absolute atomic E-state index is 14.8. The third-order valence-corrected chi connectivity index (χ3v) is 9.77. The van der Waals surface area contributed by atoms with Crippen LogP contribution in [0.5, 0.6) is 0 Å². The van der Waals surface area contributed by atoms with Crippen LogP contribution in [0, 0.1) is 18.3 Å². The van der Waals surface area contributed by atoms with Gasteiger partial charge in [-0.25, -0.2) is 8.42 Å². The van der Waals surface area contributed by atoms with Crippen LogP contribution in [0.3, 0.4) is 0 Å². The summed E-state index contributed by atoms with van der Waals surface area (Å²) in [5, 5.41) is 10.9. The first kappa shape index (κ1) is 31.5. The van der Waals surface area contributed by atoms with E-state index in [1.165, 1.54) is 12.1 Å². The van der Waals surface area contributed by atoms with Gasteiger partial charge in [0.25, 0.3) is 10.0 Å². The summed E-state index contributed by atoms with van der Waals surface area (Å²) < 4.78 is 58.1. The SMILES string of the molecule is Cc1cn(C)nc1CNC1(CCC(C)(C)C)C(=O)C(C2=NS(=O)(=O)c3cc(NS(C)(=O)=O)ccc3N2)C(=O)c2ccccc21. The molecule has 0 fully saturated rings. The number of sulfonamides is 2. The molecule has 2 aliphatic rings. The van der Waals surface area contributed by atoms with E-state index in [-0.39, 0.29) is 34.1 Å².